The first-order valence-electron chi connectivity index (χ1n) is 7.02. The first-order valence-corrected chi connectivity index (χ1v) is 7.43. The SMILES string of the molecule is CCNC(=S)N/N=C\c1ccc(-c2ccc(C(=O)O)cc2C)o1. The zero-order valence-electron chi connectivity index (χ0n) is 12.8. The fourth-order valence-corrected chi connectivity index (χ4v) is 2.19. The molecule has 0 aliphatic heterocycles. The second-order valence-electron chi connectivity index (χ2n) is 4.77. The molecule has 120 valence electrons. The third-order valence-electron chi connectivity index (χ3n) is 3.06. The Kier molecular flexibility index (Phi) is 5.48. The molecule has 1 aromatic carbocycles. The van der Waals surface area contributed by atoms with Crippen LogP contribution in [0.4, 0.5) is 0 Å². The second kappa shape index (κ2) is 7.55. The van der Waals surface area contributed by atoms with E-state index in [1.54, 1.807) is 24.3 Å². The van der Waals surface area contributed by atoms with Gasteiger partial charge in [-0.15, -0.1) is 0 Å². The third-order valence-corrected chi connectivity index (χ3v) is 3.30. The van der Waals surface area contributed by atoms with Gasteiger partial charge in [-0.05, 0) is 55.9 Å². The Hall–Kier alpha value is -2.67. The minimum absolute atomic E-state index is 0.251. The van der Waals surface area contributed by atoms with Gasteiger partial charge in [0.05, 0.1) is 11.8 Å². The number of furan rings is 1. The van der Waals surface area contributed by atoms with Gasteiger partial charge in [0.1, 0.15) is 11.5 Å². The molecule has 6 nitrogen and oxygen atoms in total. The van der Waals surface area contributed by atoms with Crippen molar-refractivity contribution in [3.05, 3.63) is 47.2 Å². The van der Waals surface area contributed by atoms with Crippen LogP contribution in [0.25, 0.3) is 11.3 Å². The summed E-state index contributed by atoms with van der Waals surface area (Å²) in [5.74, 6) is 0.262. The summed E-state index contributed by atoms with van der Waals surface area (Å²) >= 11 is 4.99. The lowest BCUT2D eigenvalue weighted by atomic mass is 10.0. The number of hydrogen-bond acceptors (Lipinski definition) is 4. The van der Waals surface area contributed by atoms with E-state index in [9.17, 15) is 4.79 Å². The zero-order valence-corrected chi connectivity index (χ0v) is 13.6. The summed E-state index contributed by atoms with van der Waals surface area (Å²) in [5.41, 5.74) is 4.59. The Morgan fingerprint density at radius 3 is 2.83 bits per heavy atom. The third kappa shape index (κ3) is 4.40. The maximum Gasteiger partial charge on any atom is 0.335 e. The van der Waals surface area contributed by atoms with Gasteiger partial charge >= 0.3 is 5.97 Å². The van der Waals surface area contributed by atoms with Gasteiger partial charge in [0.15, 0.2) is 5.11 Å². The van der Waals surface area contributed by atoms with Gasteiger partial charge in [0.25, 0.3) is 0 Å². The van der Waals surface area contributed by atoms with Crippen molar-refractivity contribution < 1.29 is 14.3 Å². The topological polar surface area (TPSA) is 86.9 Å². The van der Waals surface area contributed by atoms with Crippen LogP contribution in [0.15, 0.2) is 39.9 Å². The van der Waals surface area contributed by atoms with E-state index in [1.807, 2.05) is 19.9 Å². The van der Waals surface area contributed by atoms with Crippen molar-refractivity contribution in [3.63, 3.8) is 0 Å². The van der Waals surface area contributed by atoms with E-state index in [0.29, 0.717) is 16.6 Å². The van der Waals surface area contributed by atoms with Crippen LogP contribution in [0.1, 0.15) is 28.6 Å². The zero-order chi connectivity index (χ0) is 16.8. The Labute approximate surface area is 139 Å². The van der Waals surface area contributed by atoms with Crippen molar-refractivity contribution >= 4 is 29.5 Å². The first kappa shape index (κ1) is 16.7. The van der Waals surface area contributed by atoms with E-state index in [1.165, 1.54) is 6.21 Å². The number of hydrogen-bond donors (Lipinski definition) is 3. The Bertz CT molecular complexity index is 753. The minimum atomic E-state index is -0.949. The van der Waals surface area contributed by atoms with Gasteiger partial charge in [0, 0.05) is 12.1 Å². The van der Waals surface area contributed by atoms with Crippen LogP contribution >= 0.6 is 12.2 Å². The Morgan fingerprint density at radius 2 is 2.17 bits per heavy atom. The van der Waals surface area contributed by atoms with Crippen molar-refractivity contribution in [2.45, 2.75) is 13.8 Å². The molecular formula is C16H17N3O3S. The van der Waals surface area contributed by atoms with Crippen molar-refractivity contribution in [3.8, 4) is 11.3 Å². The number of aryl methyl sites for hydroxylation is 1. The monoisotopic (exact) mass is 331 g/mol. The second-order valence-corrected chi connectivity index (χ2v) is 5.17. The predicted molar refractivity (Wildman–Crippen MR) is 92.8 cm³/mol. The number of thiocarbonyl (C=S) groups is 1. The minimum Gasteiger partial charge on any atom is -0.478 e. The number of benzene rings is 1. The Balaban J connectivity index is 2.11. The van der Waals surface area contributed by atoms with E-state index in [4.69, 9.17) is 21.7 Å². The summed E-state index contributed by atoms with van der Waals surface area (Å²) in [5, 5.41) is 16.3. The van der Waals surface area contributed by atoms with Crippen LogP contribution < -0.4 is 10.7 Å². The average molecular weight is 331 g/mol. The molecule has 0 saturated heterocycles. The van der Waals surface area contributed by atoms with Gasteiger partial charge < -0.3 is 14.8 Å². The highest BCUT2D eigenvalue weighted by molar-refractivity contribution is 7.80. The van der Waals surface area contributed by atoms with E-state index >= 15 is 0 Å². The largest absolute Gasteiger partial charge is 0.478 e. The molecule has 23 heavy (non-hydrogen) atoms. The average Bonchev–Trinajstić information content (AvgIpc) is 2.96. The number of nitrogens with one attached hydrogen (secondary N) is 2. The molecule has 0 atom stereocenters. The molecule has 0 amide bonds. The lowest BCUT2D eigenvalue weighted by Gasteiger charge is -2.04. The van der Waals surface area contributed by atoms with Crippen molar-refractivity contribution in [1.82, 2.24) is 10.7 Å². The highest BCUT2D eigenvalue weighted by Crippen LogP contribution is 2.26. The summed E-state index contributed by atoms with van der Waals surface area (Å²) in [6, 6.07) is 8.49. The maximum absolute atomic E-state index is 11.0. The summed E-state index contributed by atoms with van der Waals surface area (Å²) in [6.07, 6.45) is 1.52. The molecule has 0 radical (unpaired) electrons. The number of rotatable bonds is 5. The number of carboxylic acid groups (broad SMARTS) is 1. The molecule has 0 bridgehead atoms. The standard InChI is InChI=1S/C16H17N3O3S/c1-3-17-16(23)19-18-9-12-5-7-14(22-12)13-6-4-11(15(20)21)8-10(13)2/h4-9H,3H2,1-2H3,(H,20,21)(H2,17,19,23)/b18-9-. The van der Waals surface area contributed by atoms with Gasteiger partial charge in [-0.1, -0.05) is 6.07 Å². The molecule has 0 unspecified atom stereocenters. The first-order chi connectivity index (χ1) is 11.0. The number of aromatic carboxylic acids is 1. The van der Waals surface area contributed by atoms with Crippen LogP contribution in [0.3, 0.4) is 0 Å². The number of carbonyl (C=O) groups is 1. The van der Waals surface area contributed by atoms with Gasteiger partial charge in [-0.25, -0.2) is 4.79 Å². The maximum atomic E-state index is 11.0. The summed E-state index contributed by atoms with van der Waals surface area (Å²) in [4.78, 5) is 11.0. The van der Waals surface area contributed by atoms with Crippen molar-refractivity contribution in [2.24, 2.45) is 5.10 Å². The molecular weight excluding hydrogens is 314 g/mol. The fourth-order valence-electron chi connectivity index (χ4n) is 1.99. The van der Waals surface area contributed by atoms with E-state index in [-0.39, 0.29) is 5.56 Å². The molecule has 2 rings (SSSR count). The Morgan fingerprint density at radius 1 is 1.39 bits per heavy atom. The molecule has 0 aliphatic carbocycles. The molecule has 1 heterocycles. The van der Waals surface area contributed by atoms with Crippen LogP contribution in [-0.4, -0.2) is 28.9 Å². The normalized spacial score (nSPS) is 10.7. The van der Waals surface area contributed by atoms with Crippen LogP contribution in [0.2, 0.25) is 0 Å². The highest BCUT2D eigenvalue weighted by Gasteiger charge is 2.10. The van der Waals surface area contributed by atoms with Crippen LogP contribution in [-0.2, 0) is 0 Å². The molecule has 0 fully saturated rings. The predicted octanol–water partition coefficient (Wildman–Crippen LogP) is 2.77. The number of carboxylic acids is 1. The molecule has 0 saturated carbocycles. The number of nitrogens with zero attached hydrogens (tertiary/aromatic N) is 1. The molecule has 2 aromatic rings. The molecule has 7 heteroatoms. The summed E-state index contributed by atoms with van der Waals surface area (Å²) in [7, 11) is 0. The molecule has 0 aliphatic rings. The summed E-state index contributed by atoms with van der Waals surface area (Å²) < 4.78 is 5.69. The van der Waals surface area contributed by atoms with Crippen LogP contribution in [0, 0.1) is 6.92 Å². The molecule has 0 spiro atoms. The number of hydrazone groups is 1. The van der Waals surface area contributed by atoms with E-state index in [0.717, 1.165) is 17.7 Å². The van der Waals surface area contributed by atoms with Gasteiger partial charge in [0.2, 0.25) is 0 Å². The highest BCUT2D eigenvalue weighted by atomic mass is 32.1. The van der Waals surface area contributed by atoms with Crippen LogP contribution in [0.5, 0.6) is 0 Å². The summed E-state index contributed by atoms with van der Waals surface area (Å²) in [6.45, 7) is 4.50. The van der Waals surface area contributed by atoms with E-state index in [2.05, 4.69) is 15.8 Å². The van der Waals surface area contributed by atoms with Crippen molar-refractivity contribution in [1.29, 1.82) is 0 Å². The quantitative estimate of drug-likeness (QED) is 0.444. The van der Waals surface area contributed by atoms with Gasteiger partial charge in [-0.3, -0.25) is 5.43 Å². The molecule has 1 aromatic heterocycles. The lowest BCUT2D eigenvalue weighted by molar-refractivity contribution is 0.0697. The van der Waals surface area contributed by atoms with Gasteiger partial charge in [-0.2, -0.15) is 5.10 Å². The lowest BCUT2D eigenvalue weighted by Crippen LogP contribution is -2.31. The molecule has 3 N–H and O–H groups in total. The fraction of sp³-hybridized carbons (Fsp3) is 0.188. The van der Waals surface area contributed by atoms with Crippen molar-refractivity contribution in [2.75, 3.05) is 6.54 Å². The smallest absolute Gasteiger partial charge is 0.335 e. The van der Waals surface area contributed by atoms with E-state index < -0.39 is 5.97 Å².